The molecule has 0 saturated carbocycles. The Bertz CT molecular complexity index is 322. The Morgan fingerprint density at radius 1 is 1.17 bits per heavy atom. The minimum atomic E-state index is 0.302. The molecule has 3 nitrogen and oxygen atoms in total. The number of ether oxygens (including phenoxy) is 1. The number of phenols is 1. The van der Waals surface area contributed by atoms with E-state index in [1.165, 1.54) is 5.56 Å². The predicted octanol–water partition coefficient (Wildman–Crippen LogP) is 3.11. The molecule has 1 unspecified atom stereocenters. The lowest BCUT2D eigenvalue weighted by Gasteiger charge is -2.14. The predicted molar refractivity (Wildman–Crippen MR) is 74.8 cm³/mol. The van der Waals surface area contributed by atoms with Crippen LogP contribution in [-0.4, -0.2) is 24.9 Å². The minimum Gasteiger partial charge on any atom is -0.508 e. The highest BCUT2D eigenvalue weighted by Gasteiger charge is 2.03. The molecular weight excluding hydrogens is 226 g/mol. The lowest BCUT2D eigenvalue weighted by Crippen LogP contribution is -2.21. The van der Waals surface area contributed by atoms with Gasteiger partial charge in [0.15, 0.2) is 0 Å². The van der Waals surface area contributed by atoms with Crippen molar-refractivity contribution in [1.29, 1.82) is 0 Å². The molecule has 1 aromatic rings. The first-order valence-electron chi connectivity index (χ1n) is 6.69. The quantitative estimate of drug-likeness (QED) is 0.698. The molecule has 102 valence electrons. The summed E-state index contributed by atoms with van der Waals surface area (Å²) in [4.78, 5) is 0. The van der Waals surface area contributed by atoms with E-state index in [9.17, 15) is 5.11 Å². The van der Waals surface area contributed by atoms with Crippen LogP contribution in [0.5, 0.6) is 5.75 Å². The lowest BCUT2D eigenvalue weighted by atomic mass is 10.1. The second-order valence-corrected chi connectivity index (χ2v) is 5.09. The molecule has 0 aliphatic heterocycles. The summed E-state index contributed by atoms with van der Waals surface area (Å²) in [5.41, 5.74) is 1.19. The first kappa shape index (κ1) is 15.0. The summed E-state index contributed by atoms with van der Waals surface area (Å²) in [5, 5.41) is 12.7. The van der Waals surface area contributed by atoms with E-state index in [1.54, 1.807) is 12.1 Å². The van der Waals surface area contributed by atoms with Crippen molar-refractivity contribution in [1.82, 2.24) is 5.32 Å². The first-order chi connectivity index (χ1) is 8.59. The Balaban J connectivity index is 2.13. The van der Waals surface area contributed by atoms with Gasteiger partial charge in [-0.1, -0.05) is 26.0 Å². The van der Waals surface area contributed by atoms with Gasteiger partial charge in [-0.3, -0.25) is 0 Å². The van der Waals surface area contributed by atoms with Gasteiger partial charge < -0.3 is 15.2 Å². The summed E-state index contributed by atoms with van der Waals surface area (Å²) < 4.78 is 5.53. The summed E-state index contributed by atoms with van der Waals surface area (Å²) in [5.74, 6) is 0.918. The van der Waals surface area contributed by atoms with E-state index in [0.717, 1.165) is 26.2 Å². The van der Waals surface area contributed by atoms with Crippen molar-refractivity contribution < 1.29 is 9.84 Å². The van der Waals surface area contributed by atoms with Gasteiger partial charge in [0.05, 0.1) is 0 Å². The van der Waals surface area contributed by atoms with Crippen LogP contribution in [0.1, 0.15) is 38.8 Å². The Kier molecular flexibility index (Phi) is 6.76. The van der Waals surface area contributed by atoms with Gasteiger partial charge in [-0.05, 0) is 43.5 Å². The highest BCUT2D eigenvalue weighted by Crippen LogP contribution is 2.16. The van der Waals surface area contributed by atoms with Crippen molar-refractivity contribution in [3.05, 3.63) is 29.8 Å². The normalized spacial score (nSPS) is 12.9. The van der Waals surface area contributed by atoms with Crippen LogP contribution in [0, 0.1) is 5.92 Å². The molecule has 0 spiro atoms. The molecule has 0 radical (unpaired) electrons. The Morgan fingerprint density at radius 3 is 2.44 bits per heavy atom. The van der Waals surface area contributed by atoms with Crippen LogP contribution < -0.4 is 5.32 Å². The number of benzene rings is 1. The maximum Gasteiger partial charge on any atom is 0.115 e. The average molecular weight is 251 g/mol. The topological polar surface area (TPSA) is 41.5 Å². The van der Waals surface area contributed by atoms with Crippen LogP contribution in [0.15, 0.2) is 24.3 Å². The van der Waals surface area contributed by atoms with Crippen molar-refractivity contribution in [3.8, 4) is 5.75 Å². The first-order valence-corrected chi connectivity index (χ1v) is 6.69. The molecule has 1 rings (SSSR count). The van der Waals surface area contributed by atoms with Crippen molar-refractivity contribution in [2.24, 2.45) is 5.92 Å². The zero-order valence-corrected chi connectivity index (χ0v) is 11.6. The largest absolute Gasteiger partial charge is 0.508 e. The van der Waals surface area contributed by atoms with Gasteiger partial charge >= 0.3 is 0 Å². The summed E-state index contributed by atoms with van der Waals surface area (Å²) in [7, 11) is 0. The molecule has 0 aliphatic rings. The van der Waals surface area contributed by atoms with E-state index in [0.29, 0.717) is 17.7 Å². The van der Waals surface area contributed by atoms with E-state index in [2.05, 4.69) is 26.1 Å². The molecule has 1 atom stereocenters. The van der Waals surface area contributed by atoms with Crippen LogP contribution in [0.2, 0.25) is 0 Å². The third kappa shape index (κ3) is 6.03. The third-order valence-electron chi connectivity index (χ3n) is 2.76. The summed E-state index contributed by atoms with van der Waals surface area (Å²) in [6.07, 6.45) is 1.02. The monoisotopic (exact) mass is 251 g/mol. The SMILES string of the molecule is CC(C)COCCCNC(C)c1ccc(O)cc1. The van der Waals surface area contributed by atoms with Crippen molar-refractivity contribution in [2.45, 2.75) is 33.2 Å². The number of aromatic hydroxyl groups is 1. The standard InChI is InChI=1S/C15H25NO2/c1-12(2)11-18-10-4-9-16-13(3)14-5-7-15(17)8-6-14/h5-8,12-13,16-17H,4,9-11H2,1-3H3. The molecule has 0 aliphatic carbocycles. The molecule has 0 fully saturated rings. The highest BCUT2D eigenvalue weighted by molar-refractivity contribution is 5.27. The van der Waals surface area contributed by atoms with Crippen molar-refractivity contribution in [2.75, 3.05) is 19.8 Å². The van der Waals surface area contributed by atoms with Gasteiger partial charge in [0.2, 0.25) is 0 Å². The van der Waals surface area contributed by atoms with Crippen LogP contribution in [0.3, 0.4) is 0 Å². The lowest BCUT2D eigenvalue weighted by molar-refractivity contribution is 0.107. The van der Waals surface area contributed by atoms with E-state index in [-0.39, 0.29) is 0 Å². The number of phenolic OH excluding ortho intramolecular Hbond substituents is 1. The summed E-state index contributed by atoms with van der Waals surface area (Å²) in [6.45, 7) is 9.04. The number of hydrogen-bond donors (Lipinski definition) is 2. The number of hydrogen-bond acceptors (Lipinski definition) is 3. The Hall–Kier alpha value is -1.06. The van der Waals surface area contributed by atoms with E-state index in [1.807, 2.05) is 12.1 Å². The molecule has 0 aromatic heterocycles. The fourth-order valence-electron chi connectivity index (χ4n) is 1.69. The van der Waals surface area contributed by atoms with Crippen LogP contribution in [-0.2, 0) is 4.74 Å². The van der Waals surface area contributed by atoms with Crippen LogP contribution in [0.25, 0.3) is 0 Å². The van der Waals surface area contributed by atoms with E-state index < -0.39 is 0 Å². The maximum atomic E-state index is 9.22. The molecular formula is C15H25NO2. The van der Waals surface area contributed by atoms with Crippen molar-refractivity contribution in [3.63, 3.8) is 0 Å². The molecule has 18 heavy (non-hydrogen) atoms. The molecule has 3 heteroatoms. The maximum absolute atomic E-state index is 9.22. The van der Waals surface area contributed by atoms with Gasteiger partial charge in [0.25, 0.3) is 0 Å². The molecule has 0 amide bonds. The molecule has 2 N–H and O–H groups in total. The Morgan fingerprint density at radius 2 is 1.83 bits per heavy atom. The molecule has 0 saturated heterocycles. The Labute approximate surface area is 110 Å². The average Bonchev–Trinajstić information content (AvgIpc) is 2.34. The van der Waals surface area contributed by atoms with Gasteiger partial charge in [-0.25, -0.2) is 0 Å². The van der Waals surface area contributed by atoms with Crippen LogP contribution in [0.4, 0.5) is 0 Å². The van der Waals surface area contributed by atoms with E-state index >= 15 is 0 Å². The zero-order valence-electron chi connectivity index (χ0n) is 11.6. The third-order valence-corrected chi connectivity index (χ3v) is 2.76. The molecule has 0 heterocycles. The van der Waals surface area contributed by atoms with Gasteiger partial charge in [-0.2, -0.15) is 0 Å². The second-order valence-electron chi connectivity index (χ2n) is 5.09. The van der Waals surface area contributed by atoms with Crippen LogP contribution >= 0.6 is 0 Å². The van der Waals surface area contributed by atoms with Gasteiger partial charge in [0, 0.05) is 19.3 Å². The highest BCUT2D eigenvalue weighted by atomic mass is 16.5. The number of nitrogens with one attached hydrogen (secondary N) is 1. The fourth-order valence-corrected chi connectivity index (χ4v) is 1.69. The fraction of sp³-hybridized carbons (Fsp3) is 0.600. The zero-order chi connectivity index (χ0) is 13.4. The smallest absolute Gasteiger partial charge is 0.115 e. The number of rotatable bonds is 8. The van der Waals surface area contributed by atoms with Gasteiger partial charge in [0.1, 0.15) is 5.75 Å². The second kappa shape index (κ2) is 8.11. The molecule has 1 aromatic carbocycles. The van der Waals surface area contributed by atoms with E-state index in [4.69, 9.17) is 4.74 Å². The van der Waals surface area contributed by atoms with Gasteiger partial charge in [-0.15, -0.1) is 0 Å². The van der Waals surface area contributed by atoms with Crippen molar-refractivity contribution >= 4 is 0 Å². The summed E-state index contributed by atoms with van der Waals surface area (Å²) >= 11 is 0. The molecule has 0 bridgehead atoms. The minimum absolute atomic E-state index is 0.302. The summed E-state index contributed by atoms with van der Waals surface area (Å²) in [6, 6.07) is 7.64.